The van der Waals surface area contributed by atoms with E-state index in [4.69, 9.17) is 9.47 Å². The van der Waals surface area contributed by atoms with Gasteiger partial charge in [-0.15, -0.1) is 0 Å². The number of hydrogen-bond acceptors (Lipinski definition) is 4. The molecule has 2 atom stereocenters. The second-order valence-electron chi connectivity index (χ2n) is 6.58. The van der Waals surface area contributed by atoms with E-state index in [1.165, 1.54) is 0 Å². The molecule has 0 aliphatic carbocycles. The van der Waals surface area contributed by atoms with Crippen LogP contribution in [0.3, 0.4) is 0 Å². The van der Waals surface area contributed by atoms with Crippen LogP contribution < -0.4 is 0 Å². The van der Waals surface area contributed by atoms with Gasteiger partial charge in [0.1, 0.15) is 0 Å². The molecule has 2 unspecified atom stereocenters. The molecule has 13 heteroatoms. The summed E-state index contributed by atoms with van der Waals surface area (Å²) < 4.78 is 127. The first-order valence-electron chi connectivity index (χ1n) is 8.99. The second-order valence-corrected chi connectivity index (χ2v) is 6.58. The Morgan fingerprint density at radius 2 is 1.25 bits per heavy atom. The van der Waals surface area contributed by atoms with Crippen LogP contribution in [0, 0.1) is 0 Å². The number of nitrogens with zero attached hydrogens (tertiary/aromatic N) is 2. The lowest BCUT2D eigenvalue weighted by atomic mass is 9.96. The Bertz CT molecular complexity index is 861. The van der Waals surface area contributed by atoms with Gasteiger partial charge in [0.15, 0.2) is 0 Å². The number of rotatable bonds is 7. The molecule has 0 saturated heterocycles. The van der Waals surface area contributed by atoms with Crippen molar-refractivity contribution in [3.8, 4) is 0 Å². The Morgan fingerprint density at radius 3 is 1.62 bits per heavy atom. The fourth-order valence-corrected chi connectivity index (χ4v) is 2.88. The summed E-state index contributed by atoms with van der Waals surface area (Å²) in [5.74, 6) is -1.41. The number of halogens is 9. The lowest BCUT2D eigenvalue weighted by Crippen LogP contribution is -2.17. The largest absolute Gasteiger partial charge is 0.451 e. The summed E-state index contributed by atoms with van der Waals surface area (Å²) in [7, 11) is 1.07. The first-order chi connectivity index (χ1) is 14.7. The number of methoxy groups -OCH3 is 1. The van der Waals surface area contributed by atoms with E-state index in [1.807, 2.05) is 0 Å². The second kappa shape index (κ2) is 9.61. The van der Waals surface area contributed by atoms with Gasteiger partial charge in [-0.25, -0.2) is 9.97 Å². The van der Waals surface area contributed by atoms with Gasteiger partial charge in [-0.1, -0.05) is 0 Å². The standard InChI is InChI=1S/C19H17F9N2O2/c1-3-32-15(11-8-29-16(30-9-11)19(26,27)28)7-14(31-2)10-4-12(17(20,21)22)6-13(5-10)18(23,24)25/h4-6,8-9,14-15H,3,7H2,1-2H3. The van der Waals surface area contributed by atoms with Crippen molar-refractivity contribution in [2.24, 2.45) is 0 Å². The highest BCUT2D eigenvalue weighted by molar-refractivity contribution is 5.35. The zero-order valence-electron chi connectivity index (χ0n) is 16.6. The normalized spacial score (nSPS) is 15.0. The molecule has 2 rings (SSSR count). The van der Waals surface area contributed by atoms with E-state index in [0.29, 0.717) is 12.1 Å². The molecule has 0 radical (unpaired) electrons. The van der Waals surface area contributed by atoms with Gasteiger partial charge in [0.25, 0.3) is 0 Å². The molecule has 2 aromatic rings. The maximum Gasteiger partial charge on any atom is 0.451 e. The van der Waals surface area contributed by atoms with Gasteiger partial charge < -0.3 is 9.47 Å². The van der Waals surface area contributed by atoms with Crippen molar-refractivity contribution in [2.45, 2.75) is 44.1 Å². The Balaban J connectivity index is 2.43. The molecular weight excluding hydrogens is 459 g/mol. The van der Waals surface area contributed by atoms with Crippen LogP contribution in [0.2, 0.25) is 0 Å². The molecule has 0 saturated carbocycles. The summed E-state index contributed by atoms with van der Waals surface area (Å²) in [4.78, 5) is 6.39. The van der Waals surface area contributed by atoms with Gasteiger partial charge >= 0.3 is 18.5 Å². The molecule has 1 heterocycles. The van der Waals surface area contributed by atoms with Gasteiger partial charge in [-0.05, 0) is 30.7 Å². The maximum absolute atomic E-state index is 13.1. The predicted molar refractivity (Wildman–Crippen MR) is 92.2 cm³/mol. The third kappa shape index (κ3) is 6.55. The smallest absolute Gasteiger partial charge is 0.377 e. The molecule has 1 aromatic carbocycles. The molecule has 0 bridgehead atoms. The van der Waals surface area contributed by atoms with E-state index in [-0.39, 0.29) is 24.7 Å². The van der Waals surface area contributed by atoms with Crippen molar-refractivity contribution in [1.29, 1.82) is 0 Å². The van der Waals surface area contributed by atoms with Crippen LogP contribution in [0.1, 0.15) is 53.6 Å². The molecular formula is C19H17F9N2O2. The highest BCUT2D eigenvalue weighted by Crippen LogP contribution is 2.40. The van der Waals surface area contributed by atoms with Crippen molar-refractivity contribution < 1.29 is 49.0 Å². The van der Waals surface area contributed by atoms with E-state index in [9.17, 15) is 39.5 Å². The lowest BCUT2D eigenvalue weighted by molar-refractivity contribution is -0.145. The van der Waals surface area contributed by atoms with Gasteiger partial charge in [-0.3, -0.25) is 0 Å². The Kier molecular flexibility index (Phi) is 7.76. The average Bonchev–Trinajstić information content (AvgIpc) is 2.69. The number of ether oxygens (including phenoxy) is 2. The van der Waals surface area contributed by atoms with Crippen LogP contribution in [-0.2, 0) is 28.0 Å². The minimum absolute atomic E-state index is 0.0139. The fourth-order valence-electron chi connectivity index (χ4n) is 2.88. The first kappa shape index (κ1) is 25.8. The fraction of sp³-hybridized carbons (Fsp3) is 0.474. The zero-order valence-corrected chi connectivity index (χ0v) is 16.6. The summed E-state index contributed by atoms with van der Waals surface area (Å²) in [5.41, 5.74) is -3.41. The van der Waals surface area contributed by atoms with E-state index in [0.717, 1.165) is 19.5 Å². The average molecular weight is 476 g/mol. The van der Waals surface area contributed by atoms with Crippen LogP contribution in [0.25, 0.3) is 0 Å². The lowest BCUT2D eigenvalue weighted by Gasteiger charge is -2.24. The van der Waals surface area contributed by atoms with Crippen molar-refractivity contribution >= 4 is 0 Å². The number of hydrogen-bond donors (Lipinski definition) is 0. The Labute approximate surface area is 176 Å². The summed E-state index contributed by atoms with van der Waals surface area (Å²) >= 11 is 0. The third-order valence-corrected chi connectivity index (χ3v) is 4.36. The molecule has 1 aromatic heterocycles. The van der Waals surface area contributed by atoms with Crippen molar-refractivity contribution in [3.63, 3.8) is 0 Å². The van der Waals surface area contributed by atoms with Gasteiger partial charge in [-0.2, -0.15) is 39.5 Å². The number of benzene rings is 1. The van der Waals surface area contributed by atoms with Crippen molar-refractivity contribution in [3.05, 3.63) is 58.7 Å². The molecule has 0 N–H and O–H groups in total. The quantitative estimate of drug-likeness (QED) is 0.435. The Hall–Kier alpha value is -2.41. The van der Waals surface area contributed by atoms with E-state index in [1.54, 1.807) is 6.92 Å². The summed E-state index contributed by atoms with van der Waals surface area (Å²) in [5, 5.41) is 0. The highest BCUT2D eigenvalue weighted by Gasteiger charge is 2.38. The van der Waals surface area contributed by atoms with Gasteiger partial charge in [0, 0.05) is 38.1 Å². The molecule has 32 heavy (non-hydrogen) atoms. The highest BCUT2D eigenvalue weighted by atomic mass is 19.4. The van der Waals surface area contributed by atoms with Gasteiger partial charge in [0.05, 0.1) is 23.3 Å². The number of alkyl halides is 9. The molecule has 0 aliphatic heterocycles. The minimum atomic E-state index is -5.05. The zero-order chi connectivity index (χ0) is 24.3. The molecule has 0 amide bonds. The summed E-state index contributed by atoms with van der Waals surface area (Å²) in [6.45, 7) is 1.59. The minimum Gasteiger partial charge on any atom is -0.377 e. The predicted octanol–water partition coefficient (Wildman–Crippen LogP) is 6.39. The SMILES string of the molecule is CCOC(CC(OC)c1cc(C(F)(F)F)cc(C(F)(F)F)c1)c1cnc(C(F)(F)F)nc1. The van der Waals surface area contributed by atoms with Crippen LogP contribution in [0.4, 0.5) is 39.5 Å². The van der Waals surface area contributed by atoms with Gasteiger partial charge in [0.2, 0.25) is 5.82 Å². The molecule has 4 nitrogen and oxygen atoms in total. The van der Waals surface area contributed by atoms with E-state index >= 15 is 0 Å². The molecule has 0 fully saturated rings. The van der Waals surface area contributed by atoms with Crippen molar-refractivity contribution in [1.82, 2.24) is 9.97 Å². The number of aromatic nitrogens is 2. The first-order valence-corrected chi connectivity index (χ1v) is 8.99. The monoisotopic (exact) mass is 476 g/mol. The van der Waals surface area contributed by atoms with E-state index < -0.39 is 53.3 Å². The van der Waals surface area contributed by atoms with Crippen LogP contribution >= 0.6 is 0 Å². The van der Waals surface area contributed by atoms with Crippen LogP contribution in [0.5, 0.6) is 0 Å². The molecule has 0 aliphatic rings. The van der Waals surface area contributed by atoms with E-state index in [2.05, 4.69) is 9.97 Å². The van der Waals surface area contributed by atoms with Crippen molar-refractivity contribution in [2.75, 3.05) is 13.7 Å². The van der Waals surface area contributed by atoms with Crippen LogP contribution in [-0.4, -0.2) is 23.7 Å². The molecule has 178 valence electrons. The summed E-state index contributed by atoms with van der Waals surface area (Å²) in [6, 6.07) is 1.03. The summed E-state index contributed by atoms with van der Waals surface area (Å²) in [6.07, 6.45) is -15.9. The van der Waals surface area contributed by atoms with Crippen LogP contribution in [0.15, 0.2) is 30.6 Å². The third-order valence-electron chi connectivity index (χ3n) is 4.36. The molecule has 0 spiro atoms. The maximum atomic E-state index is 13.1. The Morgan fingerprint density at radius 1 is 0.750 bits per heavy atom. The topological polar surface area (TPSA) is 44.2 Å².